The molecule has 0 atom stereocenters. The number of nitrogens with one attached hydrogen (secondary N) is 1. The number of sulfonamides is 1. The lowest BCUT2D eigenvalue weighted by Gasteiger charge is -2.06. The number of carbonyl (C=O) groups is 1. The number of aliphatic carboxylic acids is 1. The summed E-state index contributed by atoms with van der Waals surface area (Å²) in [5.41, 5.74) is 0. The van der Waals surface area contributed by atoms with Crippen molar-refractivity contribution in [3.8, 4) is 0 Å². The zero-order valence-electron chi connectivity index (χ0n) is 8.48. The molecule has 0 unspecified atom stereocenters. The molecule has 17 heavy (non-hydrogen) atoms. The van der Waals surface area contributed by atoms with Crippen LogP contribution in [0.5, 0.6) is 0 Å². The predicted octanol–water partition coefficient (Wildman–Crippen LogP) is 1.34. The summed E-state index contributed by atoms with van der Waals surface area (Å²) in [6.07, 6.45) is -0.364. The first kappa shape index (κ1) is 14.1. The third-order valence-corrected chi connectivity index (χ3v) is 3.80. The summed E-state index contributed by atoms with van der Waals surface area (Å²) >= 11 is 3.00. The average Bonchev–Trinajstić information content (AvgIpc) is 2.15. The first-order valence-corrected chi connectivity index (χ1v) is 6.77. The SMILES string of the molecule is O=C(O)CCNS(=O)(=O)c1ccc(Br)cc1F. The van der Waals surface area contributed by atoms with Crippen LogP contribution in [0.4, 0.5) is 4.39 Å². The molecule has 0 heterocycles. The smallest absolute Gasteiger partial charge is 0.304 e. The molecular weight excluding hydrogens is 317 g/mol. The minimum absolute atomic E-state index is 0.285. The fourth-order valence-electron chi connectivity index (χ4n) is 1.06. The molecule has 0 aliphatic carbocycles. The van der Waals surface area contributed by atoms with Gasteiger partial charge < -0.3 is 5.11 Å². The second-order valence-electron chi connectivity index (χ2n) is 3.12. The Hall–Kier alpha value is -0.990. The van der Waals surface area contributed by atoms with Crippen molar-refractivity contribution in [2.75, 3.05) is 6.54 Å². The van der Waals surface area contributed by atoms with Crippen molar-refractivity contribution in [1.82, 2.24) is 4.72 Å². The Kier molecular flexibility index (Phi) is 4.61. The second-order valence-corrected chi connectivity index (χ2v) is 5.77. The van der Waals surface area contributed by atoms with Gasteiger partial charge in [0.15, 0.2) is 0 Å². The summed E-state index contributed by atoms with van der Waals surface area (Å²) in [5.74, 6) is -2.04. The van der Waals surface area contributed by atoms with Crippen LogP contribution >= 0.6 is 15.9 Å². The van der Waals surface area contributed by atoms with Gasteiger partial charge in [-0.2, -0.15) is 0 Å². The number of halogens is 2. The molecule has 0 aliphatic heterocycles. The van der Waals surface area contributed by atoms with Crippen molar-refractivity contribution in [3.05, 3.63) is 28.5 Å². The number of carboxylic acids is 1. The lowest BCUT2D eigenvalue weighted by molar-refractivity contribution is -0.136. The van der Waals surface area contributed by atoms with Crippen molar-refractivity contribution >= 4 is 31.9 Å². The van der Waals surface area contributed by atoms with E-state index >= 15 is 0 Å². The van der Waals surface area contributed by atoms with Crippen LogP contribution in [0.2, 0.25) is 0 Å². The maximum atomic E-state index is 13.4. The Morgan fingerprint density at radius 1 is 1.47 bits per heavy atom. The molecule has 1 aromatic carbocycles. The van der Waals surface area contributed by atoms with E-state index in [1.807, 2.05) is 4.72 Å². The van der Waals surface area contributed by atoms with Crippen LogP contribution in [0.15, 0.2) is 27.6 Å². The fraction of sp³-hybridized carbons (Fsp3) is 0.222. The van der Waals surface area contributed by atoms with Crippen LogP contribution in [-0.4, -0.2) is 26.0 Å². The molecule has 0 fully saturated rings. The van der Waals surface area contributed by atoms with Crippen molar-refractivity contribution < 1.29 is 22.7 Å². The van der Waals surface area contributed by atoms with E-state index in [9.17, 15) is 17.6 Å². The quantitative estimate of drug-likeness (QED) is 0.855. The highest BCUT2D eigenvalue weighted by molar-refractivity contribution is 9.10. The van der Waals surface area contributed by atoms with E-state index in [4.69, 9.17) is 5.11 Å². The third-order valence-electron chi connectivity index (χ3n) is 1.81. The molecule has 2 N–H and O–H groups in total. The Bertz CT molecular complexity index is 532. The third kappa shape index (κ3) is 4.06. The van der Waals surface area contributed by atoms with Gasteiger partial charge in [0.1, 0.15) is 10.7 Å². The van der Waals surface area contributed by atoms with Crippen LogP contribution in [0.1, 0.15) is 6.42 Å². The Labute approximate surface area is 106 Å². The van der Waals surface area contributed by atoms with Crippen molar-refractivity contribution in [1.29, 1.82) is 0 Å². The maximum Gasteiger partial charge on any atom is 0.304 e. The van der Waals surface area contributed by atoms with Gasteiger partial charge in [0, 0.05) is 11.0 Å². The number of benzene rings is 1. The van der Waals surface area contributed by atoms with E-state index in [2.05, 4.69) is 15.9 Å². The lowest BCUT2D eigenvalue weighted by Crippen LogP contribution is -2.27. The van der Waals surface area contributed by atoms with Gasteiger partial charge in [-0.25, -0.2) is 17.5 Å². The first-order chi connectivity index (χ1) is 7.83. The van der Waals surface area contributed by atoms with Crippen molar-refractivity contribution in [2.45, 2.75) is 11.3 Å². The molecule has 1 aromatic rings. The van der Waals surface area contributed by atoms with Crippen LogP contribution in [-0.2, 0) is 14.8 Å². The molecule has 1 rings (SSSR count). The number of carboxylic acid groups (broad SMARTS) is 1. The monoisotopic (exact) mass is 325 g/mol. The van der Waals surface area contributed by atoms with Gasteiger partial charge in [-0.15, -0.1) is 0 Å². The van der Waals surface area contributed by atoms with Gasteiger partial charge in [-0.1, -0.05) is 15.9 Å². The topological polar surface area (TPSA) is 83.5 Å². The number of hydrogen-bond acceptors (Lipinski definition) is 3. The predicted molar refractivity (Wildman–Crippen MR) is 61.5 cm³/mol. The highest BCUT2D eigenvalue weighted by Crippen LogP contribution is 2.19. The summed E-state index contributed by atoms with van der Waals surface area (Å²) in [7, 11) is -4.01. The molecule has 0 aliphatic rings. The first-order valence-electron chi connectivity index (χ1n) is 4.49. The molecular formula is C9H9BrFNO4S. The van der Waals surface area contributed by atoms with Crippen LogP contribution in [0.25, 0.3) is 0 Å². The number of hydrogen-bond donors (Lipinski definition) is 2. The Balaban J connectivity index is 2.86. The molecule has 5 nitrogen and oxygen atoms in total. The molecule has 0 bridgehead atoms. The van der Waals surface area contributed by atoms with E-state index in [0.717, 1.165) is 12.1 Å². The van der Waals surface area contributed by atoms with Crippen LogP contribution in [0.3, 0.4) is 0 Å². The normalized spacial score (nSPS) is 11.4. The zero-order chi connectivity index (χ0) is 13.1. The van der Waals surface area contributed by atoms with Gasteiger partial charge in [-0.05, 0) is 18.2 Å². The highest BCUT2D eigenvalue weighted by atomic mass is 79.9. The summed E-state index contributed by atoms with van der Waals surface area (Å²) in [5, 5.41) is 8.36. The minimum atomic E-state index is -4.01. The number of rotatable bonds is 5. The van der Waals surface area contributed by atoms with E-state index < -0.39 is 26.7 Å². The second kappa shape index (κ2) is 5.56. The van der Waals surface area contributed by atoms with E-state index in [0.29, 0.717) is 4.47 Å². The molecule has 0 saturated carbocycles. The van der Waals surface area contributed by atoms with Gasteiger partial charge in [0.25, 0.3) is 0 Å². The molecule has 0 spiro atoms. The van der Waals surface area contributed by atoms with Crippen molar-refractivity contribution in [2.24, 2.45) is 0 Å². The molecule has 0 amide bonds. The lowest BCUT2D eigenvalue weighted by atomic mass is 10.3. The van der Waals surface area contributed by atoms with Gasteiger partial charge in [0.2, 0.25) is 10.0 Å². The standard InChI is InChI=1S/C9H9BrFNO4S/c10-6-1-2-8(7(11)5-6)17(15,16)12-4-3-9(13)14/h1-2,5,12H,3-4H2,(H,13,14). The maximum absolute atomic E-state index is 13.4. The molecule has 0 radical (unpaired) electrons. The Morgan fingerprint density at radius 2 is 2.12 bits per heavy atom. The molecule has 94 valence electrons. The zero-order valence-corrected chi connectivity index (χ0v) is 10.9. The van der Waals surface area contributed by atoms with Gasteiger partial charge in [-0.3, -0.25) is 4.79 Å². The largest absolute Gasteiger partial charge is 0.481 e. The Morgan fingerprint density at radius 3 is 2.65 bits per heavy atom. The molecule has 8 heteroatoms. The van der Waals surface area contributed by atoms with Gasteiger partial charge >= 0.3 is 5.97 Å². The van der Waals surface area contributed by atoms with Crippen LogP contribution in [0, 0.1) is 5.82 Å². The minimum Gasteiger partial charge on any atom is -0.481 e. The van der Waals surface area contributed by atoms with Gasteiger partial charge in [0.05, 0.1) is 6.42 Å². The molecule has 0 saturated heterocycles. The van der Waals surface area contributed by atoms with E-state index in [1.54, 1.807) is 0 Å². The van der Waals surface area contributed by atoms with Crippen molar-refractivity contribution in [3.63, 3.8) is 0 Å². The summed E-state index contributed by atoms with van der Waals surface area (Å²) in [6, 6.07) is 3.50. The van der Waals surface area contributed by atoms with E-state index in [1.165, 1.54) is 6.07 Å². The van der Waals surface area contributed by atoms with E-state index in [-0.39, 0.29) is 13.0 Å². The van der Waals surface area contributed by atoms with Crippen LogP contribution < -0.4 is 4.72 Å². The fourth-order valence-corrected chi connectivity index (χ4v) is 2.49. The summed E-state index contributed by atoms with van der Waals surface area (Å²) in [4.78, 5) is 9.71. The highest BCUT2D eigenvalue weighted by Gasteiger charge is 2.18. The molecule has 0 aromatic heterocycles. The summed E-state index contributed by atoms with van der Waals surface area (Å²) < 4.78 is 39.0. The summed E-state index contributed by atoms with van der Waals surface area (Å²) in [6.45, 7) is -0.285. The average molecular weight is 326 g/mol.